The maximum absolute atomic E-state index is 11.2. The number of aromatic nitrogens is 2. The molecular weight excluding hydrogens is 282 g/mol. The second-order valence-corrected chi connectivity index (χ2v) is 6.06. The number of H-pyrrole nitrogens is 1. The molecule has 1 aromatic heterocycles. The number of nitrogens with zero attached hydrogens (tertiary/aromatic N) is 1. The Morgan fingerprint density at radius 1 is 1.55 bits per heavy atom. The molecule has 7 nitrogen and oxygen atoms in total. The molecule has 1 saturated carbocycles. The summed E-state index contributed by atoms with van der Waals surface area (Å²) >= 11 is 1.22. The zero-order valence-electron chi connectivity index (χ0n) is 10.8. The largest absolute Gasteiger partial charge is 0.481 e. The van der Waals surface area contributed by atoms with Crippen molar-refractivity contribution in [2.45, 2.75) is 36.4 Å². The molecule has 1 heterocycles. The average molecular weight is 299 g/mol. The van der Waals surface area contributed by atoms with Crippen LogP contribution in [0.1, 0.15) is 25.7 Å². The minimum atomic E-state index is -0.917. The Morgan fingerprint density at radius 2 is 2.20 bits per heavy atom. The van der Waals surface area contributed by atoms with E-state index in [4.69, 9.17) is 10.8 Å². The Kier molecular flexibility index (Phi) is 4.34. The second kappa shape index (κ2) is 5.84. The second-order valence-electron chi connectivity index (χ2n) is 5.10. The molecule has 0 aromatic carbocycles. The van der Waals surface area contributed by atoms with Crippen molar-refractivity contribution in [2.75, 3.05) is 11.5 Å². The lowest BCUT2D eigenvalue weighted by molar-refractivity contribution is -0.144. The van der Waals surface area contributed by atoms with Crippen LogP contribution in [0.15, 0.2) is 16.0 Å². The van der Waals surface area contributed by atoms with Gasteiger partial charge >= 0.3 is 5.97 Å². The van der Waals surface area contributed by atoms with Crippen molar-refractivity contribution in [3.05, 3.63) is 16.4 Å². The number of carbonyl (C=O) groups is 1. The van der Waals surface area contributed by atoms with Crippen LogP contribution in [0.25, 0.3) is 0 Å². The fourth-order valence-corrected chi connectivity index (χ4v) is 3.31. The minimum Gasteiger partial charge on any atom is -0.481 e. The van der Waals surface area contributed by atoms with Crippen LogP contribution in [-0.2, 0) is 4.79 Å². The summed E-state index contributed by atoms with van der Waals surface area (Å²) in [5.41, 5.74) is 4.23. The van der Waals surface area contributed by atoms with Crippen molar-refractivity contribution >= 4 is 23.5 Å². The number of aromatic amines is 1. The Labute approximate surface area is 119 Å². The molecule has 0 unspecified atom stereocenters. The molecule has 110 valence electrons. The molecule has 0 aliphatic heterocycles. The predicted molar refractivity (Wildman–Crippen MR) is 74.5 cm³/mol. The summed E-state index contributed by atoms with van der Waals surface area (Å²) in [6, 6.07) is 1.19. The van der Waals surface area contributed by atoms with Gasteiger partial charge in [0.2, 0.25) is 0 Å². The van der Waals surface area contributed by atoms with E-state index in [0.717, 1.165) is 0 Å². The Hall–Kier alpha value is -1.54. The third-order valence-electron chi connectivity index (χ3n) is 3.48. The van der Waals surface area contributed by atoms with Gasteiger partial charge in [0.1, 0.15) is 5.82 Å². The predicted octanol–water partition coefficient (Wildman–Crippen LogP) is 0.450. The van der Waals surface area contributed by atoms with Crippen molar-refractivity contribution < 1.29 is 15.0 Å². The zero-order valence-corrected chi connectivity index (χ0v) is 11.7. The summed E-state index contributed by atoms with van der Waals surface area (Å²) in [6.45, 7) is 0. The smallest absolute Gasteiger partial charge is 0.306 e. The highest BCUT2D eigenvalue weighted by atomic mass is 32.2. The van der Waals surface area contributed by atoms with Gasteiger partial charge in [-0.15, -0.1) is 0 Å². The highest BCUT2D eigenvalue weighted by Gasteiger charge is 2.35. The highest BCUT2D eigenvalue weighted by Crippen LogP contribution is 2.35. The van der Waals surface area contributed by atoms with Gasteiger partial charge in [0.25, 0.3) is 5.56 Å². The van der Waals surface area contributed by atoms with Crippen LogP contribution in [0.3, 0.4) is 0 Å². The number of hydrogen-bond acceptors (Lipinski definition) is 6. The molecule has 1 aliphatic carbocycles. The van der Waals surface area contributed by atoms with Crippen LogP contribution < -0.4 is 11.3 Å². The molecule has 0 amide bonds. The van der Waals surface area contributed by atoms with Gasteiger partial charge in [0, 0.05) is 11.8 Å². The maximum Gasteiger partial charge on any atom is 0.306 e. The number of aliphatic hydroxyl groups is 1. The number of nitrogen functional groups attached to an aromatic ring is 1. The lowest BCUT2D eigenvalue weighted by Crippen LogP contribution is -2.38. The van der Waals surface area contributed by atoms with Crippen LogP contribution >= 0.6 is 11.8 Å². The van der Waals surface area contributed by atoms with Crippen LogP contribution in [0, 0.1) is 5.92 Å². The van der Waals surface area contributed by atoms with E-state index in [2.05, 4.69) is 9.97 Å². The summed E-state index contributed by atoms with van der Waals surface area (Å²) in [6.07, 6.45) is 1.80. The Morgan fingerprint density at radius 3 is 2.75 bits per heavy atom. The molecule has 0 bridgehead atoms. The van der Waals surface area contributed by atoms with Crippen LogP contribution in [0.2, 0.25) is 0 Å². The summed E-state index contributed by atoms with van der Waals surface area (Å²) < 4.78 is 0. The summed E-state index contributed by atoms with van der Waals surface area (Å²) in [5, 5.41) is 19.7. The molecule has 20 heavy (non-hydrogen) atoms. The van der Waals surface area contributed by atoms with Gasteiger partial charge in [-0.05, 0) is 25.7 Å². The summed E-state index contributed by atoms with van der Waals surface area (Å²) in [7, 11) is 0. The van der Waals surface area contributed by atoms with E-state index in [-0.39, 0.29) is 17.3 Å². The first-order valence-electron chi connectivity index (χ1n) is 6.33. The van der Waals surface area contributed by atoms with Gasteiger partial charge in [-0.2, -0.15) is 0 Å². The number of aliphatic carboxylic acids is 1. The molecule has 8 heteroatoms. The van der Waals surface area contributed by atoms with Crippen LogP contribution in [-0.4, -0.2) is 37.5 Å². The Balaban J connectivity index is 1.93. The third kappa shape index (κ3) is 3.73. The SMILES string of the molecule is Nc1cc(=O)[nH]c(SCC2(O)CCC(C(=O)O)CC2)n1. The van der Waals surface area contributed by atoms with Crippen molar-refractivity contribution in [3.63, 3.8) is 0 Å². The highest BCUT2D eigenvalue weighted by molar-refractivity contribution is 7.99. The first-order valence-corrected chi connectivity index (χ1v) is 7.31. The van der Waals surface area contributed by atoms with E-state index in [1.54, 1.807) is 0 Å². The molecule has 1 fully saturated rings. The standard InChI is InChI=1S/C12H17N3O4S/c13-8-5-9(16)15-11(14-8)20-6-12(19)3-1-7(2-4-12)10(17)18/h5,7,19H,1-4,6H2,(H,17,18)(H3,13,14,15,16). The topological polar surface area (TPSA) is 129 Å². The molecule has 0 saturated heterocycles. The monoisotopic (exact) mass is 299 g/mol. The fraction of sp³-hybridized carbons (Fsp3) is 0.583. The molecule has 2 rings (SSSR count). The normalized spacial score (nSPS) is 26.4. The molecule has 0 radical (unpaired) electrons. The number of nitrogens with two attached hydrogens (primary N) is 1. The number of anilines is 1. The van der Waals surface area contributed by atoms with Gasteiger partial charge in [-0.1, -0.05) is 11.8 Å². The quantitative estimate of drug-likeness (QED) is 0.469. The van der Waals surface area contributed by atoms with Crippen LogP contribution in [0.4, 0.5) is 5.82 Å². The molecular formula is C12H17N3O4S. The van der Waals surface area contributed by atoms with Gasteiger partial charge in [0.05, 0.1) is 11.5 Å². The van der Waals surface area contributed by atoms with Crippen molar-refractivity contribution in [3.8, 4) is 0 Å². The first kappa shape index (κ1) is 14.9. The van der Waals surface area contributed by atoms with E-state index < -0.39 is 11.6 Å². The Bertz CT molecular complexity index is 552. The number of rotatable bonds is 4. The van der Waals surface area contributed by atoms with E-state index in [0.29, 0.717) is 36.6 Å². The van der Waals surface area contributed by atoms with Gasteiger partial charge in [-0.3, -0.25) is 9.59 Å². The lowest BCUT2D eigenvalue weighted by Gasteiger charge is -2.34. The van der Waals surface area contributed by atoms with Gasteiger partial charge in [-0.25, -0.2) is 4.98 Å². The molecule has 1 aliphatic rings. The zero-order chi connectivity index (χ0) is 14.8. The molecule has 1 aromatic rings. The van der Waals surface area contributed by atoms with Gasteiger partial charge in [0.15, 0.2) is 5.16 Å². The maximum atomic E-state index is 11.2. The number of carboxylic acid groups (broad SMARTS) is 1. The minimum absolute atomic E-state index is 0.137. The summed E-state index contributed by atoms with van der Waals surface area (Å²) in [5.74, 6) is -0.684. The van der Waals surface area contributed by atoms with E-state index >= 15 is 0 Å². The van der Waals surface area contributed by atoms with E-state index in [9.17, 15) is 14.7 Å². The van der Waals surface area contributed by atoms with Crippen LogP contribution in [0.5, 0.6) is 0 Å². The first-order chi connectivity index (χ1) is 9.38. The fourth-order valence-electron chi connectivity index (χ4n) is 2.27. The number of hydrogen-bond donors (Lipinski definition) is 4. The number of nitrogens with one attached hydrogen (secondary N) is 1. The van der Waals surface area contributed by atoms with Crippen molar-refractivity contribution in [1.82, 2.24) is 9.97 Å². The molecule has 5 N–H and O–H groups in total. The summed E-state index contributed by atoms with van der Waals surface area (Å²) in [4.78, 5) is 28.6. The average Bonchev–Trinajstić information content (AvgIpc) is 2.36. The van der Waals surface area contributed by atoms with E-state index in [1.165, 1.54) is 17.8 Å². The van der Waals surface area contributed by atoms with Crippen molar-refractivity contribution in [1.29, 1.82) is 0 Å². The number of carboxylic acids is 1. The third-order valence-corrected chi connectivity index (χ3v) is 4.63. The van der Waals surface area contributed by atoms with Gasteiger partial charge < -0.3 is 20.9 Å². The van der Waals surface area contributed by atoms with Crippen molar-refractivity contribution in [2.24, 2.45) is 5.92 Å². The lowest BCUT2D eigenvalue weighted by atomic mass is 9.80. The molecule has 0 spiro atoms. The van der Waals surface area contributed by atoms with E-state index in [1.807, 2.05) is 0 Å². The number of thioether (sulfide) groups is 1. The molecule has 0 atom stereocenters.